The fourth-order valence-electron chi connectivity index (χ4n) is 3.39. The number of likely N-dealkylation sites (N-methyl/N-ethyl adjacent to an activating group) is 1. The van der Waals surface area contributed by atoms with Crippen molar-refractivity contribution in [3.05, 3.63) is 11.6 Å². The van der Waals surface area contributed by atoms with Crippen LogP contribution in [0.3, 0.4) is 0 Å². The molecule has 9 heteroatoms. The zero-order valence-corrected chi connectivity index (χ0v) is 19.8. The molecule has 0 spiro atoms. The zero-order chi connectivity index (χ0) is 18.9. The van der Waals surface area contributed by atoms with Gasteiger partial charge in [-0.3, -0.25) is 4.90 Å². The summed E-state index contributed by atoms with van der Waals surface area (Å²) in [5, 5.41) is 11.9. The highest BCUT2D eigenvalue weighted by atomic mass is 127. The quantitative estimate of drug-likeness (QED) is 0.244. The third kappa shape index (κ3) is 6.86. The predicted octanol–water partition coefficient (Wildman–Crippen LogP) is 1.64. The van der Waals surface area contributed by atoms with Gasteiger partial charge in [-0.1, -0.05) is 13.8 Å². The van der Waals surface area contributed by atoms with Gasteiger partial charge in [0, 0.05) is 46.4 Å². The van der Waals surface area contributed by atoms with Gasteiger partial charge in [0.15, 0.2) is 11.8 Å². The van der Waals surface area contributed by atoms with Crippen molar-refractivity contribution < 1.29 is 4.74 Å². The first-order chi connectivity index (χ1) is 12.6. The Kier molecular flexibility index (Phi) is 11.2. The van der Waals surface area contributed by atoms with Crippen LogP contribution in [0.25, 0.3) is 0 Å². The molecule has 27 heavy (non-hydrogen) atoms. The second kappa shape index (κ2) is 12.5. The first-order valence-corrected chi connectivity index (χ1v) is 9.71. The highest BCUT2D eigenvalue weighted by molar-refractivity contribution is 14.0. The Hall–Kier alpha value is -0.940. The maximum Gasteiger partial charge on any atom is 0.194 e. The van der Waals surface area contributed by atoms with Crippen LogP contribution in [0.1, 0.15) is 38.3 Å². The molecule has 0 aromatic carbocycles. The van der Waals surface area contributed by atoms with E-state index in [0.29, 0.717) is 12.6 Å². The van der Waals surface area contributed by atoms with E-state index in [2.05, 4.69) is 39.2 Å². The number of aromatic nitrogens is 3. The number of ether oxygens (including phenoxy) is 1. The molecule has 0 radical (unpaired) electrons. The van der Waals surface area contributed by atoms with Crippen molar-refractivity contribution in [2.75, 3.05) is 46.4 Å². The smallest absolute Gasteiger partial charge is 0.194 e. The van der Waals surface area contributed by atoms with Crippen LogP contribution >= 0.6 is 24.0 Å². The van der Waals surface area contributed by atoms with Crippen molar-refractivity contribution in [1.82, 2.24) is 29.9 Å². The van der Waals surface area contributed by atoms with E-state index in [1.165, 1.54) is 6.42 Å². The minimum absolute atomic E-state index is 0. The molecule has 1 atom stereocenters. The molecule has 156 valence electrons. The van der Waals surface area contributed by atoms with E-state index in [4.69, 9.17) is 9.73 Å². The Bertz CT molecular complexity index is 574. The van der Waals surface area contributed by atoms with Crippen LogP contribution in [0.15, 0.2) is 4.99 Å². The van der Waals surface area contributed by atoms with Crippen molar-refractivity contribution in [3.63, 3.8) is 0 Å². The van der Waals surface area contributed by atoms with Gasteiger partial charge in [-0.2, -0.15) is 0 Å². The SMILES string of the molecule is CCN(CC)C1CCN(C(=NCc2nnc(C)n2C)NCCCOC)C1.I. The van der Waals surface area contributed by atoms with Crippen molar-refractivity contribution in [2.24, 2.45) is 12.0 Å². The number of nitrogens with zero attached hydrogens (tertiary/aromatic N) is 6. The molecule has 1 aliphatic rings. The summed E-state index contributed by atoms with van der Waals surface area (Å²) in [6.45, 7) is 12.8. The molecule has 0 bridgehead atoms. The number of methoxy groups -OCH3 is 1. The Balaban J connectivity index is 0.00000364. The van der Waals surface area contributed by atoms with E-state index in [-0.39, 0.29) is 24.0 Å². The number of aliphatic imine (C=N–C) groups is 1. The summed E-state index contributed by atoms with van der Waals surface area (Å²) in [5.74, 6) is 2.77. The molecule has 0 amide bonds. The third-order valence-corrected chi connectivity index (χ3v) is 5.15. The molecule has 1 saturated heterocycles. The molecule has 1 N–H and O–H groups in total. The molecular formula is C18H36IN7O. The lowest BCUT2D eigenvalue weighted by Gasteiger charge is -2.27. The van der Waals surface area contributed by atoms with Crippen LogP contribution in [0.5, 0.6) is 0 Å². The molecule has 1 unspecified atom stereocenters. The molecule has 2 rings (SSSR count). The van der Waals surface area contributed by atoms with Gasteiger partial charge in [-0.05, 0) is 32.9 Å². The van der Waals surface area contributed by atoms with Gasteiger partial charge in [-0.15, -0.1) is 34.2 Å². The van der Waals surface area contributed by atoms with Crippen molar-refractivity contribution in [1.29, 1.82) is 0 Å². The second-order valence-electron chi connectivity index (χ2n) is 6.75. The van der Waals surface area contributed by atoms with E-state index in [1.54, 1.807) is 7.11 Å². The van der Waals surface area contributed by atoms with Gasteiger partial charge in [-0.25, -0.2) is 4.99 Å². The summed E-state index contributed by atoms with van der Waals surface area (Å²) in [7, 11) is 3.72. The lowest BCUT2D eigenvalue weighted by Crippen LogP contribution is -2.43. The summed E-state index contributed by atoms with van der Waals surface area (Å²) in [6, 6.07) is 0.605. The molecule has 1 aromatic heterocycles. The molecule has 1 aromatic rings. The average Bonchev–Trinajstić information content (AvgIpc) is 3.24. The summed E-state index contributed by atoms with van der Waals surface area (Å²) in [4.78, 5) is 9.75. The first-order valence-electron chi connectivity index (χ1n) is 9.71. The minimum atomic E-state index is 0. The third-order valence-electron chi connectivity index (χ3n) is 5.15. The number of hydrogen-bond donors (Lipinski definition) is 1. The van der Waals surface area contributed by atoms with Gasteiger partial charge in [0.2, 0.25) is 0 Å². The monoisotopic (exact) mass is 493 g/mol. The minimum Gasteiger partial charge on any atom is -0.385 e. The lowest BCUT2D eigenvalue weighted by molar-refractivity contribution is 0.195. The first kappa shape index (κ1) is 24.1. The molecule has 0 aliphatic carbocycles. The van der Waals surface area contributed by atoms with E-state index in [9.17, 15) is 0 Å². The fourth-order valence-corrected chi connectivity index (χ4v) is 3.39. The largest absolute Gasteiger partial charge is 0.385 e. The normalized spacial score (nSPS) is 17.5. The number of nitrogens with one attached hydrogen (secondary N) is 1. The van der Waals surface area contributed by atoms with Crippen LogP contribution < -0.4 is 5.32 Å². The Morgan fingerprint density at radius 2 is 2.07 bits per heavy atom. The highest BCUT2D eigenvalue weighted by Crippen LogP contribution is 2.16. The topological polar surface area (TPSA) is 70.8 Å². The van der Waals surface area contributed by atoms with Crippen molar-refractivity contribution in [3.8, 4) is 0 Å². The molecule has 1 fully saturated rings. The van der Waals surface area contributed by atoms with Crippen LogP contribution in [0.2, 0.25) is 0 Å². The summed E-state index contributed by atoms with van der Waals surface area (Å²) < 4.78 is 7.15. The Morgan fingerprint density at radius 1 is 1.33 bits per heavy atom. The van der Waals surface area contributed by atoms with Gasteiger partial charge in [0.1, 0.15) is 12.4 Å². The van der Waals surface area contributed by atoms with Gasteiger partial charge < -0.3 is 19.5 Å². The molecule has 8 nitrogen and oxygen atoms in total. The summed E-state index contributed by atoms with van der Waals surface area (Å²) in [5.41, 5.74) is 0. The number of rotatable bonds is 9. The Labute approximate surface area is 180 Å². The lowest BCUT2D eigenvalue weighted by atomic mass is 10.2. The molecule has 0 saturated carbocycles. The Morgan fingerprint density at radius 3 is 2.67 bits per heavy atom. The van der Waals surface area contributed by atoms with Crippen LogP contribution in [-0.2, 0) is 18.3 Å². The van der Waals surface area contributed by atoms with Gasteiger partial charge in [0.25, 0.3) is 0 Å². The van der Waals surface area contributed by atoms with E-state index in [1.807, 2.05) is 18.5 Å². The van der Waals surface area contributed by atoms with Crippen molar-refractivity contribution in [2.45, 2.75) is 46.2 Å². The number of hydrogen-bond acceptors (Lipinski definition) is 5. The van der Waals surface area contributed by atoms with Crippen LogP contribution in [0, 0.1) is 6.92 Å². The highest BCUT2D eigenvalue weighted by Gasteiger charge is 2.28. The molecule has 2 heterocycles. The van der Waals surface area contributed by atoms with Gasteiger partial charge >= 0.3 is 0 Å². The standard InChI is InChI=1S/C18H35N7O.HI/c1-6-24(7-2)16-9-11-25(14-16)18(19-10-8-12-26-5)20-13-17-22-21-15(3)23(17)4;/h16H,6-14H2,1-5H3,(H,19,20);1H. The summed E-state index contributed by atoms with van der Waals surface area (Å²) in [6.07, 6.45) is 2.15. The second-order valence-corrected chi connectivity index (χ2v) is 6.75. The van der Waals surface area contributed by atoms with E-state index >= 15 is 0 Å². The van der Waals surface area contributed by atoms with Crippen LogP contribution in [-0.4, -0.2) is 83.0 Å². The molecule has 1 aliphatic heterocycles. The van der Waals surface area contributed by atoms with Crippen molar-refractivity contribution >= 4 is 29.9 Å². The average molecular weight is 493 g/mol. The maximum atomic E-state index is 5.15. The number of likely N-dealkylation sites (tertiary alicyclic amines) is 1. The number of guanidine groups is 1. The van der Waals surface area contributed by atoms with Gasteiger partial charge in [0.05, 0.1) is 0 Å². The van der Waals surface area contributed by atoms with Crippen LogP contribution in [0.4, 0.5) is 0 Å². The van der Waals surface area contributed by atoms with E-state index in [0.717, 1.165) is 63.4 Å². The molecular weight excluding hydrogens is 457 g/mol. The predicted molar refractivity (Wildman–Crippen MR) is 120 cm³/mol. The number of halogens is 1. The zero-order valence-electron chi connectivity index (χ0n) is 17.4. The maximum absolute atomic E-state index is 5.15. The van der Waals surface area contributed by atoms with E-state index < -0.39 is 0 Å². The summed E-state index contributed by atoms with van der Waals surface area (Å²) >= 11 is 0. The number of aryl methyl sites for hydroxylation is 1. The fraction of sp³-hybridized carbons (Fsp3) is 0.833.